The number of hydrogen-bond donors (Lipinski definition) is 0. The summed E-state index contributed by atoms with van der Waals surface area (Å²) < 4.78 is 37.1. The third-order valence-electron chi connectivity index (χ3n) is 7.52. The Kier molecular flexibility index (Phi) is 12.1. The van der Waals surface area contributed by atoms with Crippen molar-refractivity contribution < 1.29 is 13.6 Å². The van der Waals surface area contributed by atoms with Crippen molar-refractivity contribution in [1.29, 1.82) is 0 Å². The highest BCUT2D eigenvalue weighted by Gasteiger charge is 2.45. The monoisotopic (exact) mass is 488 g/mol. The molecule has 2 aliphatic rings. The molecule has 1 unspecified atom stereocenters. The van der Waals surface area contributed by atoms with Crippen LogP contribution in [0.15, 0.2) is 46.8 Å². The molecule has 1 heterocycles. The summed E-state index contributed by atoms with van der Waals surface area (Å²) in [7, 11) is 0. The Bertz CT molecular complexity index is 776. The van der Waals surface area contributed by atoms with Gasteiger partial charge in [0.15, 0.2) is 0 Å². The van der Waals surface area contributed by atoms with Crippen LogP contribution >= 0.6 is 0 Å². The summed E-state index contributed by atoms with van der Waals surface area (Å²) in [4.78, 5) is 4.00. The molecule has 0 spiro atoms. The topological polar surface area (TPSA) is 24.8 Å². The van der Waals surface area contributed by atoms with Gasteiger partial charge in [-0.2, -0.15) is 4.39 Å². The van der Waals surface area contributed by atoms with Gasteiger partial charge < -0.3 is 4.74 Å². The number of hydrogen-bond acceptors (Lipinski definition) is 3. The largest absolute Gasteiger partial charge is 0.477 e. The number of aliphatic imine (C=N–C) groups is 1. The average Bonchev–Trinajstić information content (AvgIpc) is 3.40. The number of alkyl halides is 1. The molecular formula is C30H46F2N2O. The molecule has 0 aromatic heterocycles. The van der Waals surface area contributed by atoms with Crippen LogP contribution in [0.2, 0.25) is 0 Å². The van der Waals surface area contributed by atoms with Gasteiger partial charge in [-0.1, -0.05) is 132 Å². The lowest BCUT2D eigenvalue weighted by Crippen LogP contribution is -2.39. The summed E-state index contributed by atoms with van der Waals surface area (Å²) >= 11 is 0. The molecule has 5 heteroatoms. The van der Waals surface area contributed by atoms with E-state index in [1.165, 1.54) is 83.3 Å². The van der Waals surface area contributed by atoms with Gasteiger partial charge in [0.2, 0.25) is 5.88 Å². The summed E-state index contributed by atoms with van der Waals surface area (Å²) in [5.41, 5.74) is 0.824. The Morgan fingerprint density at radius 3 is 2.31 bits per heavy atom. The Balaban J connectivity index is 1.49. The van der Waals surface area contributed by atoms with Crippen molar-refractivity contribution in [3.63, 3.8) is 0 Å². The van der Waals surface area contributed by atoms with E-state index in [2.05, 4.69) is 11.9 Å². The zero-order valence-corrected chi connectivity index (χ0v) is 21.8. The van der Waals surface area contributed by atoms with Crippen LogP contribution in [0.4, 0.5) is 8.87 Å². The minimum absolute atomic E-state index is 0.00106. The summed E-state index contributed by atoms with van der Waals surface area (Å²) in [5.74, 6) is -1.62. The van der Waals surface area contributed by atoms with Gasteiger partial charge in [0.05, 0.1) is 6.61 Å². The number of nitrogens with zero attached hydrogens (tertiary/aromatic N) is 2. The minimum atomic E-state index is -2.58. The van der Waals surface area contributed by atoms with Gasteiger partial charge in [-0.3, -0.25) is 0 Å². The van der Waals surface area contributed by atoms with E-state index in [4.69, 9.17) is 4.74 Å². The third-order valence-corrected chi connectivity index (χ3v) is 7.52. The maximum absolute atomic E-state index is 15.7. The lowest BCUT2D eigenvalue weighted by atomic mass is 9.99. The molecule has 3 rings (SSSR count). The smallest absolute Gasteiger partial charge is 0.333 e. The quantitative estimate of drug-likeness (QED) is 0.124. The molecule has 0 amide bonds. The molecule has 3 nitrogen and oxygen atoms in total. The maximum atomic E-state index is 15.7. The number of rotatable bonds is 17. The van der Waals surface area contributed by atoms with Crippen molar-refractivity contribution in [2.24, 2.45) is 10.9 Å². The number of unbranched alkanes of at least 4 members (excludes halogenated alkanes) is 9. The standard InChI is InChI=1S/C30H46F2N2O/c1-2-3-4-5-8-12-21-27-25-33-30(31,28-22-13-10-14-23-28)34(32)29(27)35-24-17-9-6-7-11-18-26-19-15-16-20-26/h10,13-14,22-23,25-26H,2-9,11-12,15-21,24H2,1H3. The fraction of sp³-hybridized carbons (Fsp3) is 0.700. The molecule has 0 bridgehead atoms. The summed E-state index contributed by atoms with van der Waals surface area (Å²) in [5, 5.41) is 0.107. The molecule has 0 radical (unpaired) electrons. The highest BCUT2D eigenvalue weighted by molar-refractivity contribution is 5.80. The highest BCUT2D eigenvalue weighted by Crippen LogP contribution is 2.40. The summed E-state index contributed by atoms with van der Waals surface area (Å²) in [6.07, 6.45) is 21.7. The van der Waals surface area contributed by atoms with Crippen LogP contribution in [0.25, 0.3) is 0 Å². The minimum Gasteiger partial charge on any atom is -0.477 e. The molecule has 1 aliphatic heterocycles. The van der Waals surface area contributed by atoms with E-state index in [0.717, 1.165) is 31.6 Å². The molecule has 1 fully saturated rings. The van der Waals surface area contributed by atoms with E-state index in [-0.39, 0.29) is 16.6 Å². The van der Waals surface area contributed by atoms with E-state index < -0.39 is 5.92 Å². The van der Waals surface area contributed by atoms with E-state index in [1.807, 2.05) is 0 Å². The second-order valence-electron chi connectivity index (χ2n) is 10.4. The SMILES string of the molecule is CCCCCCCCC1=C(OCCCCCCCC2CCCC2)N(F)C(F)(c2ccccc2)N=C1. The van der Waals surface area contributed by atoms with Crippen LogP contribution in [0, 0.1) is 5.92 Å². The third kappa shape index (κ3) is 8.61. The fourth-order valence-corrected chi connectivity index (χ4v) is 5.32. The van der Waals surface area contributed by atoms with Crippen LogP contribution in [-0.2, 0) is 10.7 Å². The Morgan fingerprint density at radius 2 is 1.57 bits per heavy atom. The predicted octanol–water partition coefficient (Wildman–Crippen LogP) is 9.55. The number of allylic oxidation sites excluding steroid dienone is 1. The molecule has 1 aliphatic carbocycles. The van der Waals surface area contributed by atoms with E-state index >= 15 is 8.87 Å². The zero-order chi connectivity index (χ0) is 24.8. The van der Waals surface area contributed by atoms with Crippen LogP contribution in [0.1, 0.15) is 122 Å². The molecule has 196 valence electrons. The zero-order valence-electron chi connectivity index (χ0n) is 21.8. The number of benzene rings is 1. The molecule has 1 saturated carbocycles. The molecule has 35 heavy (non-hydrogen) atoms. The second-order valence-corrected chi connectivity index (χ2v) is 10.4. The van der Waals surface area contributed by atoms with Crippen molar-refractivity contribution >= 4 is 6.21 Å². The second kappa shape index (κ2) is 15.3. The molecule has 1 aromatic carbocycles. The first-order valence-corrected chi connectivity index (χ1v) is 14.3. The fourth-order valence-electron chi connectivity index (χ4n) is 5.32. The lowest BCUT2D eigenvalue weighted by molar-refractivity contribution is -0.170. The van der Waals surface area contributed by atoms with Crippen molar-refractivity contribution in [1.82, 2.24) is 5.12 Å². The van der Waals surface area contributed by atoms with E-state index in [1.54, 1.807) is 30.3 Å². The van der Waals surface area contributed by atoms with Gasteiger partial charge in [0.25, 0.3) is 0 Å². The summed E-state index contributed by atoms with van der Waals surface area (Å²) in [6.45, 7) is 2.60. The molecule has 0 saturated heterocycles. The lowest BCUT2D eigenvalue weighted by Gasteiger charge is -2.33. The summed E-state index contributed by atoms with van der Waals surface area (Å²) in [6, 6.07) is 8.30. The maximum Gasteiger partial charge on any atom is 0.333 e. The van der Waals surface area contributed by atoms with Gasteiger partial charge in [-0.05, 0) is 25.2 Å². The van der Waals surface area contributed by atoms with Gasteiger partial charge in [0.1, 0.15) is 0 Å². The first-order chi connectivity index (χ1) is 17.1. The first-order valence-electron chi connectivity index (χ1n) is 14.3. The van der Waals surface area contributed by atoms with Gasteiger partial charge in [-0.25, -0.2) is 4.99 Å². The van der Waals surface area contributed by atoms with Crippen LogP contribution in [0.3, 0.4) is 0 Å². The van der Waals surface area contributed by atoms with Crippen molar-refractivity contribution in [2.75, 3.05) is 6.61 Å². The first kappa shape index (κ1) is 27.7. The predicted molar refractivity (Wildman–Crippen MR) is 141 cm³/mol. The molecular weight excluding hydrogens is 442 g/mol. The van der Waals surface area contributed by atoms with Gasteiger partial charge in [-0.15, -0.1) is 5.12 Å². The number of ether oxygens (including phenoxy) is 1. The Morgan fingerprint density at radius 1 is 0.914 bits per heavy atom. The van der Waals surface area contributed by atoms with E-state index in [0.29, 0.717) is 18.6 Å². The van der Waals surface area contributed by atoms with E-state index in [9.17, 15) is 0 Å². The van der Waals surface area contributed by atoms with Crippen molar-refractivity contribution in [2.45, 2.75) is 122 Å². The molecule has 1 atom stereocenters. The Hall–Kier alpha value is -1.91. The highest BCUT2D eigenvalue weighted by atomic mass is 19.2. The molecule has 0 N–H and O–H groups in total. The molecule has 1 aromatic rings. The Labute approximate surface area is 212 Å². The van der Waals surface area contributed by atoms with Crippen molar-refractivity contribution in [3.05, 3.63) is 47.4 Å². The van der Waals surface area contributed by atoms with Crippen LogP contribution in [-0.4, -0.2) is 17.9 Å². The average molecular weight is 489 g/mol. The van der Waals surface area contributed by atoms with Gasteiger partial charge in [0, 0.05) is 17.4 Å². The number of halogens is 2. The van der Waals surface area contributed by atoms with Crippen LogP contribution in [0.5, 0.6) is 0 Å². The van der Waals surface area contributed by atoms with Crippen molar-refractivity contribution in [3.8, 4) is 0 Å². The normalized spacial score (nSPS) is 20.7. The van der Waals surface area contributed by atoms with Crippen LogP contribution < -0.4 is 0 Å². The van der Waals surface area contributed by atoms with Gasteiger partial charge >= 0.3 is 5.92 Å².